The predicted octanol–water partition coefficient (Wildman–Crippen LogP) is 4.98. The first-order valence-electron chi connectivity index (χ1n) is 8.11. The fourth-order valence-electron chi connectivity index (χ4n) is 2.44. The molecule has 3 aromatic carbocycles. The minimum atomic E-state index is -0.247. The standard InChI is InChI=1S/C21H18BrN3O/c1-25(19-8-3-2-4-9-19)20-12-10-16(11-13-20)15-23-24-21(26)17-6-5-7-18(22)14-17/h2-15H,1H3,(H,24,26)/b23-15+. The van der Waals surface area contributed by atoms with E-state index in [-0.39, 0.29) is 5.91 Å². The van der Waals surface area contributed by atoms with Crippen molar-refractivity contribution in [2.24, 2.45) is 5.10 Å². The van der Waals surface area contributed by atoms with Crippen molar-refractivity contribution >= 4 is 39.4 Å². The van der Waals surface area contributed by atoms with Crippen molar-refractivity contribution in [3.05, 3.63) is 94.5 Å². The molecule has 0 fully saturated rings. The van der Waals surface area contributed by atoms with Crippen LogP contribution in [0.3, 0.4) is 0 Å². The van der Waals surface area contributed by atoms with Crippen molar-refractivity contribution in [2.45, 2.75) is 0 Å². The molecule has 0 aliphatic carbocycles. The summed E-state index contributed by atoms with van der Waals surface area (Å²) in [7, 11) is 2.02. The molecule has 0 bridgehead atoms. The number of nitrogens with one attached hydrogen (secondary N) is 1. The van der Waals surface area contributed by atoms with Crippen LogP contribution in [0, 0.1) is 0 Å². The zero-order valence-electron chi connectivity index (χ0n) is 14.3. The smallest absolute Gasteiger partial charge is 0.271 e. The lowest BCUT2D eigenvalue weighted by molar-refractivity contribution is 0.0955. The first-order chi connectivity index (χ1) is 12.6. The lowest BCUT2D eigenvalue weighted by Gasteiger charge is -2.19. The Bertz CT molecular complexity index is 908. The highest BCUT2D eigenvalue weighted by Gasteiger charge is 2.04. The van der Waals surface area contributed by atoms with E-state index in [1.165, 1.54) is 0 Å². The van der Waals surface area contributed by atoms with Gasteiger partial charge in [0.25, 0.3) is 5.91 Å². The number of carbonyl (C=O) groups is 1. The van der Waals surface area contributed by atoms with Gasteiger partial charge in [0.1, 0.15) is 0 Å². The van der Waals surface area contributed by atoms with E-state index in [0.29, 0.717) is 5.56 Å². The summed E-state index contributed by atoms with van der Waals surface area (Å²) >= 11 is 3.35. The summed E-state index contributed by atoms with van der Waals surface area (Å²) < 4.78 is 0.854. The predicted molar refractivity (Wildman–Crippen MR) is 110 cm³/mol. The third-order valence-corrected chi connectivity index (χ3v) is 4.38. The average Bonchev–Trinajstić information content (AvgIpc) is 2.68. The van der Waals surface area contributed by atoms with Gasteiger partial charge >= 0.3 is 0 Å². The minimum Gasteiger partial charge on any atom is -0.345 e. The fraction of sp³-hybridized carbons (Fsp3) is 0.0476. The molecule has 5 heteroatoms. The lowest BCUT2D eigenvalue weighted by Crippen LogP contribution is -2.17. The van der Waals surface area contributed by atoms with Crippen molar-refractivity contribution < 1.29 is 4.79 Å². The molecule has 0 saturated heterocycles. The number of benzene rings is 3. The molecule has 0 saturated carbocycles. The van der Waals surface area contributed by atoms with Gasteiger partial charge in [-0.15, -0.1) is 0 Å². The van der Waals surface area contributed by atoms with Gasteiger partial charge in [-0.05, 0) is 48.0 Å². The largest absolute Gasteiger partial charge is 0.345 e. The van der Waals surface area contributed by atoms with E-state index in [0.717, 1.165) is 21.4 Å². The van der Waals surface area contributed by atoms with Gasteiger partial charge in [-0.3, -0.25) is 4.79 Å². The first-order valence-corrected chi connectivity index (χ1v) is 8.90. The molecule has 0 aliphatic heterocycles. The number of amides is 1. The van der Waals surface area contributed by atoms with Crippen LogP contribution in [0.4, 0.5) is 11.4 Å². The van der Waals surface area contributed by atoms with Crippen LogP contribution in [-0.2, 0) is 0 Å². The van der Waals surface area contributed by atoms with E-state index >= 15 is 0 Å². The molecule has 0 radical (unpaired) electrons. The molecule has 0 aliphatic rings. The molecule has 26 heavy (non-hydrogen) atoms. The number of anilines is 2. The van der Waals surface area contributed by atoms with Crippen LogP contribution >= 0.6 is 15.9 Å². The van der Waals surface area contributed by atoms with Gasteiger partial charge in [-0.1, -0.05) is 52.3 Å². The van der Waals surface area contributed by atoms with Crippen molar-refractivity contribution in [3.8, 4) is 0 Å². The maximum Gasteiger partial charge on any atom is 0.271 e. The van der Waals surface area contributed by atoms with Crippen LogP contribution < -0.4 is 10.3 Å². The van der Waals surface area contributed by atoms with Crippen molar-refractivity contribution in [2.75, 3.05) is 11.9 Å². The van der Waals surface area contributed by atoms with Gasteiger partial charge < -0.3 is 4.90 Å². The van der Waals surface area contributed by atoms with E-state index in [4.69, 9.17) is 0 Å². The second-order valence-electron chi connectivity index (χ2n) is 5.70. The molecule has 0 heterocycles. The maximum atomic E-state index is 12.0. The van der Waals surface area contributed by atoms with Crippen LogP contribution in [0.15, 0.2) is 88.4 Å². The second-order valence-corrected chi connectivity index (χ2v) is 6.61. The van der Waals surface area contributed by atoms with Crippen LogP contribution in [0.25, 0.3) is 0 Å². The van der Waals surface area contributed by atoms with E-state index in [1.54, 1.807) is 18.3 Å². The van der Waals surface area contributed by atoms with Gasteiger partial charge in [-0.2, -0.15) is 5.10 Å². The molecule has 3 rings (SSSR count). The summed E-state index contributed by atoms with van der Waals surface area (Å²) in [5, 5.41) is 4.03. The SMILES string of the molecule is CN(c1ccccc1)c1ccc(/C=N/NC(=O)c2cccc(Br)c2)cc1. The topological polar surface area (TPSA) is 44.7 Å². The molecular weight excluding hydrogens is 390 g/mol. The zero-order chi connectivity index (χ0) is 18.4. The zero-order valence-corrected chi connectivity index (χ0v) is 15.8. The minimum absolute atomic E-state index is 0.247. The molecule has 3 aromatic rings. The Labute approximate surface area is 161 Å². The summed E-state index contributed by atoms with van der Waals surface area (Å²) in [5.74, 6) is -0.247. The first kappa shape index (κ1) is 17.9. The molecule has 0 spiro atoms. The van der Waals surface area contributed by atoms with Crippen LogP contribution in [0.5, 0.6) is 0 Å². The van der Waals surface area contributed by atoms with Crippen molar-refractivity contribution in [1.29, 1.82) is 0 Å². The van der Waals surface area contributed by atoms with Crippen LogP contribution in [0.1, 0.15) is 15.9 Å². The Balaban J connectivity index is 1.62. The van der Waals surface area contributed by atoms with Crippen LogP contribution in [-0.4, -0.2) is 19.2 Å². The Kier molecular flexibility index (Phi) is 5.81. The molecule has 1 amide bonds. The Hall–Kier alpha value is -2.92. The Morgan fingerprint density at radius 3 is 2.35 bits per heavy atom. The number of nitrogens with zero attached hydrogens (tertiary/aromatic N) is 2. The van der Waals surface area contributed by atoms with Gasteiger partial charge in [0, 0.05) is 28.5 Å². The number of rotatable bonds is 5. The molecule has 1 N–H and O–H groups in total. The summed E-state index contributed by atoms with van der Waals surface area (Å²) in [5.41, 5.74) is 6.19. The number of halogens is 1. The normalized spacial score (nSPS) is 10.7. The lowest BCUT2D eigenvalue weighted by atomic mass is 10.2. The third kappa shape index (κ3) is 4.58. The Morgan fingerprint density at radius 2 is 1.65 bits per heavy atom. The van der Waals surface area contributed by atoms with Gasteiger partial charge in [0.2, 0.25) is 0 Å². The number of carbonyl (C=O) groups excluding carboxylic acids is 1. The molecule has 0 aromatic heterocycles. The number of hydrazone groups is 1. The highest BCUT2D eigenvalue weighted by molar-refractivity contribution is 9.10. The van der Waals surface area contributed by atoms with Crippen molar-refractivity contribution in [3.63, 3.8) is 0 Å². The molecule has 130 valence electrons. The van der Waals surface area contributed by atoms with Gasteiger partial charge in [0.05, 0.1) is 6.21 Å². The molecular formula is C21H18BrN3O. The third-order valence-electron chi connectivity index (χ3n) is 3.89. The van der Waals surface area contributed by atoms with Gasteiger partial charge in [-0.25, -0.2) is 5.43 Å². The Morgan fingerprint density at radius 1 is 0.962 bits per heavy atom. The van der Waals surface area contributed by atoms with Crippen molar-refractivity contribution in [1.82, 2.24) is 5.43 Å². The van der Waals surface area contributed by atoms with E-state index in [2.05, 4.69) is 43.5 Å². The monoisotopic (exact) mass is 407 g/mol. The molecule has 4 nitrogen and oxygen atoms in total. The second kappa shape index (κ2) is 8.45. The summed E-state index contributed by atoms with van der Waals surface area (Å²) in [6.45, 7) is 0. The maximum absolute atomic E-state index is 12.0. The highest BCUT2D eigenvalue weighted by Crippen LogP contribution is 2.22. The van der Waals surface area contributed by atoms with Crippen LogP contribution in [0.2, 0.25) is 0 Å². The summed E-state index contributed by atoms with van der Waals surface area (Å²) in [4.78, 5) is 14.1. The quantitative estimate of drug-likeness (QED) is 0.478. The van der Waals surface area contributed by atoms with E-state index in [1.807, 2.05) is 61.6 Å². The summed E-state index contributed by atoms with van der Waals surface area (Å²) in [6.07, 6.45) is 1.63. The average molecular weight is 408 g/mol. The van der Waals surface area contributed by atoms with E-state index in [9.17, 15) is 4.79 Å². The summed E-state index contributed by atoms with van der Waals surface area (Å²) in [6, 6.07) is 25.3. The number of hydrogen-bond acceptors (Lipinski definition) is 3. The number of hydrogen-bond donors (Lipinski definition) is 1. The van der Waals surface area contributed by atoms with Gasteiger partial charge in [0.15, 0.2) is 0 Å². The molecule has 0 unspecified atom stereocenters. The number of para-hydroxylation sites is 1. The molecule has 0 atom stereocenters. The fourth-order valence-corrected chi connectivity index (χ4v) is 2.84. The highest BCUT2D eigenvalue weighted by atomic mass is 79.9. The van der Waals surface area contributed by atoms with E-state index < -0.39 is 0 Å².